The first-order valence-corrected chi connectivity index (χ1v) is 6.60. The number of aryl methyl sites for hydroxylation is 1. The highest BCUT2D eigenvalue weighted by Gasteiger charge is 2.37. The first kappa shape index (κ1) is 12.8. The third-order valence-electron chi connectivity index (χ3n) is 2.67. The highest BCUT2D eigenvalue weighted by molar-refractivity contribution is 9.14. The lowest BCUT2D eigenvalue weighted by atomic mass is 10.00. The lowest BCUT2D eigenvalue weighted by molar-refractivity contribution is -0.143. The van der Waals surface area contributed by atoms with Crippen LogP contribution in [-0.4, -0.2) is 17.2 Å². The van der Waals surface area contributed by atoms with Gasteiger partial charge in [-0.05, 0) is 49.9 Å². The molecule has 0 spiro atoms. The van der Waals surface area contributed by atoms with E-state index in [0.717, 1.165) is 11.1 Å². The summed E-state index contributed by atoms with van der Waals surface area (Å²) < 4.78 is 5.97. The van der Waals surface area contributed by atoms with E-state index >= 15 is 0 Å². The molecule has 1 aliphatic rings. The molecule has 1 heterocycles. The number of esters is 1. The van der Waals surface area contributed by atoms with Crippen LogP contribution in [0, 0.1) is 6.92 Å². The minimum absolute atomic E-state index is 0.329. The number of halogens is 2. The fraction of sp³-hybridized carbons (Fsp3) is 0.250. The largest absolute Gasteiger partial charge is 0.450 e. The third-order valence-corrected chi connectivity index (χ3v) is 4.80. The molecule has 0 saturated heterocycles. The zero-order valence-corrected chi connectivity index (χ0v) is 12.2. The monoisotopic (exact) mass is 360 g/mol. The van der Waals surface area contributed by atoms with Crippen molar-refractivity contribution >= 4 is 37.8 Å². The zero-order chi connectivity index (χ0) is 12.6. The van der Waals surface area contributed by atoms with Crippen LogP contribution in [0.5, 0.6) is 0 Å². The molecule has 0 amide bonds. The van der Waals surface area contributed by atoms with Crippen molar-refractivity contribution in [2.24, 2.45) is 0 Å². The van der Waals surface area contributed by atoms with Gasteiger partial charge in [-0.15, -0.1) is 0 Å². The summed E-state index contributed by atoms with van der Waals surface area (Å²) in [6.45, 7) is 1.90. The Morgan fingerprint density at radius 3 is 2.53 bits per heavy atom. The molecule has 2 atom stereocenters. The molecular weight excluding hydrogens is 352 g/mol. The van der Waals surface area contributed by atoms with Gasteiger partial charge in [0.1, 0.15) is 10.6 Å². The van der Waals surface area contributed by atoms with Gasteiger partial charge in [0.15, 0.2) is 6.10 Å². The molecule has 5 heteroatoms. The maximum Gasteiger partial charge on any atom is 0.346 e. The van der Waals surface area contributed by atoms with Gasteiger partial charge in [-0.3, -0.25) is 0 Å². The maximum atomic E-state index is 11.3. The van der Waals surface area contributed by atoms with Crippen molar-refractivity contribution in [1.29, 1.82) is 0 Å². The summed E-state index contributed by atoms with van der Waals surface area (Å²) in [5.74, 6) is -0.463. The molecule has 1 aromatic carbocycles. The molecule has 3 nitrogen and oxygen atoms in total. The predicted octanol–water partition coefficient (Wildman–Crippen LogP) is 2.96. The van der Waals surface area contributed by atoms with Gasteiger partial charge in [0.2, 0.25) is 0 Å². The van der Waals surface area contributed by atoms with Crippen LogP contribution < -0.4 is 0 Å². The summed E-state index contributed by atoms with van der Waals surface area (Å²) in [6.07, 6.45) is -1.55. The van der Waals surface area contributed by atoms with Gasteiger partial charge in [-0.1, -0.05) is 24.3 Å². The number of hydrogen-bond donors (Lipinski definition) is 1. The Bertz CT molecular complexity index is 496. The SMILES string of the molecule is Cc1ccccc1[C@@H](O)[C@@H]1OC(=O)C(Br)=C1Br. The van der Waals surface area contributed by atoms with Crippen LogP contribution in [0.2, 0.25) is 0 Å². The van der Waals surface area contributed by atoms with E-state index < -0.39 is 18.2 Å². The molecule has 1 aliphatic heterocycles. The second-order valence-corrected chi connectivity index (χ2v) is 5.44. The fourth-order valence-corrected chi connectivity index (χ4v) is 2.55. The van der Waals surface area contributed by atoms with Gasteiger partial charge in [0.25, 0.3) is 0 Å². The molecule has 1 aromatic rings. The van der Waals surface area contributed by atoms with E-state index in [1.165, 1.54) is 0 Å². The molecular formula is C12H10Br2O3. The molecule has 0 unspecified atom stereocenters. The maximum absolute atomic E-state index is 11.3. The Kier molecular flexibility index (Phi) is 3.70. The fourth-order valence-electron chi connectivity index (χ4n) is 1.73. The second-order valence-electron chi connectivity index (χ2n) is 3.79. The molecule has 0 saturated carbocycles. The van der Waals surface area contributed by atoms with Crippen LogP contribution in [0.25, 0.3) is 0 Å². The van der Waals surface area contributed by atoms with Gasteiger partial charge in [-0.2, -0.15) is 0 Å². The molecule has 2 rings (SSSR count). The van der Waals surface area contributed by atoms with Crippen LogP contribution in [-0.2, 0) is 9.53 Å². The summed E-state index contributed by atoms with van der Waals surface area (Å²) in [5.41, 5.74) is 1.71. The zero-order valence-electron chi connectivity index (χ0n) is 8.98. The average molecular weight is 362 g/mol. The molecule has 0 bridgehead atoms. The number of hydrogen-bond acceptors (Lipinski definition) is 3. The van der Waals surface area contributed by atoms with Gasteiger partial charge in [0.05, 0.1) is 4.48 Å². The Morgan fingerprint density at radius 1 is 1.35 bits per heavy atom. The van der Waals surface area contributed by atoms with E-state index in [1.54, 1.807) is 0 Å². The first-order chi connectivity index (χ1) is 8.02. The number of benzene rings is 1. The highest BCUT2D eigenvalue weighted by Crippen LogP contribution is 2.38. The molecule has 0 radical (unpaired) electrons. The van der Waals surface area contributed by atoms with E-state index in [0.29, 0.717) is 8.96 Å². The standard InChI is InChI=1S/C12H10Br2O3/c1-6-4-2-3-5-7(6)10(15)11-8(13)9(14)12(16)17-11/h2-5,10-11,15H,1H3/t10-,11-/m1/s1. The molecule has 1 N–H and O–H groups in total. The Morgan fingerprint density at radius 2 is 2.00 bits per heavy atom. The van der Waals surface area contributed by atoms with Crippen molar-refractivity contribution in [3.05, 3.63) is 44.4 Å². The molecule has 0 aromatic heterocycles. The Labute approximate surface area is 116 Å². The highest BCUT2D eigenvalue weighted by atomic mass is 79.9. The summed E-state index contributed by atoms with van der Waals surface area (Å²) in [5, 5.41) is 10.2. The molecule has 90 valence electrons. The number of aliphatic hydroxyl groups excluding tert-OH is 1. The average Bonchev–Trinajstić information content (AvgIpc) is 2.57. The number of ether oxygens (including phenoxy) is 1. The van der Waals surface area contributed by atoms with E-state index in [-0.39, 0.29) is 0 Å². The lowest BCUT2D eigenvalue weighted by Crippen LogP contribution is -2.20. The summed E-state index contributed by atoms with van der Waals surface area (Å²) >= 11 is 6.38. The van der Waals surface area contributed by atoms with Crippen LogP contribution >= 0.6 is 31.9 Å². The van der Waals surface area contributed by atoms with E-state index in [2.05, 4.69) is 31.9 Å². The summed E-state index contributed by atoms with van der Waals surface area (Å²) in [6, 6.07) is 7.46. The van der Waals surface area contributed by atoms with Crippen LogP contribution in [0.4, 0.5) is 0 Å². The van der Waals surface area contributed by atoms with Gasteiger partial charge >= 0.3 is 5.97 Å². The Hall–Kier alpha value is -0.650. The number of cyclic esters (lactones) is 1. The molecule has 0 aliphatic carbocycles. The third kappa shape index (κ3) is 2.32. The topological polar surface area (TPSA) is 46.5 Å². The quantitative estimate of drug-likeness (QED) is 0.824. The second kappa shape index (κ2) is 4.92. The van der Waals surface area contributed by atoms with Crippen molar-refractivity contribution in [1.82, 2.24) is 0 Å². The van der Waals surface area contributed by atoms with Crippen molar-refractivity contribution in [2.75, 3.05) is 0 Å². The summed E-state index contributed by atoms with van der Waals surface area (Å²) in [7, 11) is 0. The number of carbonyl (C=O) groups is 1. The number of carbonyl (C=O) groups excluding carboxylic acids is 1. The minimum atomic E-state index is -0.871. The Balaban J connectivity index is 2.32. The minimum Gasteiger partial charge on any atom is -0.450 e. The first-order valence-electron chi connectivity index (χ1n) is 5.02. The van der Waals surface area contributed by atoms with Crippen molar-refractivity contribution < 1.29 is 14.6 Å². The van der Waals surface area contributed by atoms with Crippen LogP contribution in [0.15, 0.2) is 33.2 Å². The predicted molar refractivity (Wildman–Crippen MR) is 70.9 cm³/mol. The smallest absolute Gasteiger partial charge is 0.346 e. The molecule has 0 fully saturated rings. The normalized spacial score (nSPS) is 21.6. The van der Waals surface area contributed by atoms with Crippen molar-refractivity contribution in [3.63, 3.8) is 0 Å². The van der Waals surface area contributed by atoms with Gasteiger partial charge < -0.3 is 9.84 Å². The van der Waals surface area contributed by atoms with E-state index in [1.807, 2.05) is 31.2 Å². The number of rotatable bonds is 2. The van der Waals surface area contributed by atoms with Gasteiger partial charge in [0, 0.05) is 0 Å². The lowest BCUT2D eigenvalue weighted by Gasteiger charge is -2.19. The van der Waals surface area contributed by atoms with Gasteiger partial charge in [-0.25, -0.2) is 4.79 Å². The van der Waals surface area contributed by atoms with E-state index in [4.69, 9.17) is 4.74 Å². The van der Waals surface area contributed by atoms with Crippen molar-refractivity contribution in [2.45, 2.75) is 19.1 Å². The summed E-state index contributed by atoms with van der Waals surface area (Å²) in [4.78, 5) is 11.3. The van der Waals surface area contributed by atoms with E-state index in [9.17, 15) is 9.90 Å². The van der Waals surface area contributed by atoms with Crippen molar-refractivity contribution in [3.8, 4) is 0 Å². The number of aliphatic hydroxyl groups is 1. The van der Waals surface area contributed by atoms with Crippen LogP contribution in [0.3, 0.4) is 0 Å². The van der Waals surface area contributed by atoms with Crippen LogP contribution in [0.1, 0.15) is 17.2 Å². The molecule has 17 heavy (non-hydrogen) atoms.